The van der Waals surface area contributed by atoms with E-state index in [1.807, 2.05) is 38.1 Å². The normalized spacial score (nSPS) is 18.6. The van der Waals surface area contributed by atoms with Gasteiger partial charge in [-0.3, -0.25) is 14.7 Å². The summed E-state index contributed by atoms with van der Waals surface area (Å²) in [4.78, 5) is 23.5. The number of amides is 1. The Morgan fingerprint density at radius 3 is 3.00 bits per heavy atom. The van der Waals surface area contributed by atoms with Gasteiger partial charge in [0.1, 0.15) is 11.4 Å². The molecular formula is C18H18BrN3O2S. The van der Waals surface area contributed by atoms with Gasteiger partial charge in [-0.15, -0.1) is 0 Å². The first kappa shape index (κ1) is 17.9. The zero-order chi connectivity index (χ0) is 17.8. The van der Waals surface area contributed by atoms with Crippen molar-refractivity contribution in [2.45, 2.75) is 19.9 Å². The van der Waals surface area contributed by atoms with Crippen molar-refractivity contribution in [3.63, 3.8) is 0 Å². The number of amidine groups is 1. The lowest BCUT2D eigenvalue weighted by Gasteiger charge is -2.21. The van der Waals surface area contributed by atoms with E-state index in [2.05, 4.69) is 20.9 Å². The van der Waals surface area contributed by atoms with Crippen molar-refractivity contribution in [2.24, 2.45) is 4.99 Å². The number of aromatic nitrogens is 1. The lowest BCUT2D eigenvalue weighted by Crippen LogP contribution is -2.37. The number of thioether (sulfide) groups is 1. The summed E-state index contributed by atoms with van der Waals surface area (Å²) in [6, 6.07) is 9.44. The van der Waals surface area contributed by atoms with Crippen LogP contribution in [0.1, 0.15) is 24.2 Å². The van der Waals surface area contributed by atoms with E-state index in [0.717, 1.165) is 15.9 Å². The number of halogens is 1. The van der Waals surface area contributed by atoms with Gasteiger partial charge in [0.25, 0.3) is 5.91 Å². The Labute approximate surface area is 159 Å². The van der Waals surface area contributed by atoms with E-state index in [1.54, 1.807) is 35.1 Å². The van der Waals surface area contributed by atoms with Crippen LogP contribution in [0.3, 0.4) is 0 Å². The Morgan fingerprint density at radius 1 is 1.44 bits per heavy atom. The van der Waals surface area contributed by atoms with Crippen molar-refractivity contribution in [1.82, 2.24) is 9.88 Å². The van der Waals surface area contributed by atoms with Crippen LogP contribution in [-0.2, 0) is 0 Å². The molecule has 1 saturated heterocycles. The number of carbonyl (C=O) groups is 1. The minimum absolute atomic E-state index is 0.0643. The number of hydrogen-bond donors (Lipinski definition) is 0. The molecule has 5 nitrogen and oxygen atoms in total. The summed E-state index contributed by atoms with van der Waals surface area (Å²) >= 11 is 4.94. The third-order valence-electron chi connectivity index (χ3n) is 3.65. The van der Waals surface area contributed by atoms with E-state index in [0.29, 0.717) is 23.1 Å². The van der Waals surface area contributed by atoms with Crippen LogP contribution in [0.4, 0.5) is 5.69 Å². The van der Waals surface area contributed by atoms with Crippen LogP contribution >= 0.6 is 27.7 Å². The lowest BCUT2D eigenvalue weighted by atomic mass is 10.2. The molecule has 2 heterocycles. The lowest BCUT2D eigenvalue weighted by molar-refractivity contribution is 0.0828. The molecule has 130 valence electrons. The van der Waals surface area contributed by atoms with Crippen molar-refractivity contribution in [2.75, 3.05) is 12.4 Å². The predicted molar refractivity (Wildman–Crippen MR) is 105 cm³/mol. The maximum Gasteiger partial charge on any atom is 0.261 e. The Hall–Kier alpha value is -1.86. The molecule has 2 aromatic rings. The number of aliphatic imine (C=N–C) groups is 1. The molecule has 1 aliphatic rings. The standard InChI is InChI=1S/C18H18BrN3O2S/c1-3-24-16-7-5-4-6-15(16)21-18-22(12(2)11-25-18)17(23)13-8-14(19)10-20-9-13/h4-10,12H,3,11H2,1-2H3. The number of rotatable bonds is 4. The van der Waals surface area contributed by atoms with Gasteiger partial charge >= 0.3 is 0 Å². The summed E-state index contributed by atoms with van der Waals surface area (Å²) in [5, 5.41) is 0.685. The first-order valence-corrected chi connectivity index (χ1v) is 9.75. The molecule has 1 aromatic heterocycles. The maximum absolute atomic E-state index is 13.0. The number of ether oxygens (including phenoxy) is 1. The second kappa shape index (κ2) is 8.01. The molecule has 1 aromatic carbocycles. The molecule has 1 fully saturated rings. The fourth-order valence-electron chi connectivity index (χ4n) is 2.50. The third kappa shape index (κ3) is 4.04. The Balaban J connectivity index is 1.95. The van der Waals surface area contributed by atoms with Crippen molar-refractivity contribution in [3.8, 4) is 5.75 Å². The maximum atomic E-state index is 13.0. The third-order valence-corrected chi connectivity index (χ3v) is 5.28. The Bertz CT molecular complexity index is 812. The molecule has 0 spiro atoms. The summed E-state index contributed by atoms with van der Waals surface area (Å²) in [6.45, 7) is 4.53. The highest BCUT2D eigenvalue weighted by molar-refractivity contribution is 9.10. The van der Waals surface area contributed by atoms with Gasteiger partial charge in [0, 0.05) is 28.7 Å². The molecule has 1 atom stereocenters. The van der Waals surface area contributed by atoms with Crippen LogP contribution in [-0.4, -0.2) is 39.4 Å². The van der Waals surface area contributed by atoms with Gasteiger partial charge in [-0.05, 0) is 48.0 Å². The molecule has 0 saturated carbocycles. The van der Waals surface area contributed by atoms with Crippen LogP contribution in [0.5, 0.6) is 5.75 Å². The van der Waals surface area contributed by atoms with Crippen LogP contribution in [0.15, 0.2) is 52.2 Å². The summed E-state index contributed by atoms with van der Waals surface area (Å²) in [5.74, 6) is 1.43. The highest BCUT2D eigenvalue weighted by Gasteiger charge is 2.33. The Kier molecular flexibility index (Phi) is 5.75. The summed E-state index contributed by atoms with van der Waals surface area (Å²) < 4.78 is 6.41. The number of hydrogen-bond acceptors (Lipinski definition) is 5. The minimum Gasteiger partial charge on any atom is -0.492 e. The average molecular weight is 420 g/mol. The van der Waals surface area contributed by atoms with Crippen LogP contribution < -0.4 is 4.74 Å². The number of para-hydroxylation sites is 2. The molecular weight excluding hydrogens is 402 g/mol. The highest BCUT2D eigenvalue weighted by Crippen LogP contribution is 2.33. The summed E-state index contributed by atoms with van der Waals surface area (Å²) in [6.07, 6.45) is 3.24. The molecule has 7 heteroatoms. The second-order valence-electron chi connectivity index (χ2n) is 5.52. The first-order valence-electron chi connectivity index (χ1n) is 7.97. The molecule has 0 N–H and O–H groups in total. The average Bonchev–Trinajstić information content (AvgIpc) is 2.96. The highest BCUT2D eigenvalue weighted by atomic mass is 79.9. The molecule has 0 aliphatic carbocycles. The van der Waals surface area contributed by atoms with E-state index in [4.69, 9.17) is 9.73 Å². The molecule has 0 radical (unpaired) electrons. The first-order chi connectivity index (χ1) is 12.1. The zero-order valence-electron chi connectivity index (χ0n) is 14.0. The molecule has 1 unspecified atom stereocenters. The van der Waals surface area contributed by atoms with E-state index in [-0.39, 0.29) is 11.9 Å². The molecule has 1 aliphatic heterocycles. The minimum atomic E-state index is -0.0982. The predicted octanol–water partition coefficient (Wildman–Crippen LogP) is 4.51. The zero-order valence-corrected chi connectivity index (χ0v) is 16.4. The van der Waals surface area contributed by atoms with E-state index < -0.39 is 0 Å². The van der Waals surface area contributed by atoms with Crippen LogP contribution in [0.25, 0.3) is 0 Å². The number of carbonyl (C=O) groups excluding carboxylic acids is 1. The van der Waals surface area contributed by atoms with Crippen molar-refractivity contribution in [1.29, 1.82) is 0 Å². The topological polar surface area (TPSA) is 54.8 Å². The van der Waals surface area contributed by atoms with Gasteiger partial charge in [-0.25, -0.2) is 4.99 Å². The van der Waals surface area contributed by atoms with E-state index >= 15 is 0 Å². The largest absolute Gasteiger partial charge is 0.492 e. The van der Waals surface area contributed by atoms with Crippen LogP contribution in [0, 0.1) is 0 Å². The molecule has 1 amide bonds. The monoisotopic (exact) mass is 419 g/mol. The van der Waals surface area contributed by atoms with Gasteiger partial charge in [0.2, 0.25) is 0 Å². The number of nitrogens with zero attached hydrogens (tertiary/aromatic N) is 3. The van der Waals surface area contributed by atoms with Gasteiger partial charge in [-0.2, -0.15) is 0 Å². The second-order valence-corrected chi connectivity index (χ2v) is 7.42. The summed E-state index contributed by atoms with van der Waals surface area (Å²) in [7, 11) is 0. The quantitative estimate of drug-likeness (QED) is 0.731. The van der Waals surface area contributed by atoms with Crippen LogP contribution in [0.2, 0.25) is 0 Å². The molecule has 0 bridgehead atoms. The molecule has 3 rings (SSSR count). The van der Waals surface area contributed by atoms with Gasteiger partial charge < -0.3 is 4.74 Å². The van der Waals surface area contributed by atoms with Gasteiger partial charge in [-0.1, -0.05) is 23.9 Å². The number of pyridine rings is 1. The van der Waals surface area contributed by atoms with E-state index in [9.17, 15) is 4.79 Å². The van der Waals surface area contributed by atoms with Gasteiger partial charge in [0.15, 0.2) is 5.17 Å². The van der Waals surface area contributed by atoms with E-state index in [1.165, 1.54) is 0 Å². The fourth-order valence-corrected chi connectivity index (χ4v) is 3.97. The fraction of sp³-hybridized carbons (Fsp3) is 0.278. The van der Waals surface area contributed by atoms with Crippen molar-refractivity contribution >= 4 is 44.5 Å². The molecule has 25 heavy (non-hydrogen) atoms. The SMILES string of the molecule is CCOc1ccccc1N=C1SCC(C)N1C(=O)c1cncc(Br)c1. The number of benzene rings is 1. The van der Waals surface area contributed by atoms with Gasteiger partial charge in [0.05, 0.1) is 12.2 Å². The smallest absolute Gasteiger partial charge is 0.261 e. The van der Waals surface area contributed by atoms with Crippen molar-refractivity contribution < 1.29 is 9.53 Å². The Morgan fingerprint density at radius 2 is 2.24 bits per heavy atom. The summed E-state index contributed by atoms with van der Waals surface area (Å²) in [5.41, 5.74) is 1.26. The van der Waals surface area contributed by atoms with Crippen molar-refractivity contribution in [3.05, 3.63) is 52.8 Å².